The Kier molecular flexibility index (Phi) is 8.81. The number of aliphatic hydroxyl groups is 2. The maximum Gasteiger partial charge on any atom is 0.186 e. The minimum Gasteiger partial charge on any atom is -0.396 e. The first-order valence-electron chi connectivity index (χ1n) is 10.4. The molecule has 6 heteroatoms. The van der Waals surface area contributed by atoms with Crippen LogP contribution in [0.1, 0.15) is 18.1 Å². The number of aliphatic hydroxyl groups excluding tert-OH is 2. The molecular weight excluding hydrogens is 384 g/mol. The van der Waals surface area contributed by atoms with Crippen LogP contribution in [-0.2, 0) is 32.2 Å². The van der Waals surface area contributed by atoms with Crippen LogP contribution in [0, 0.1) is 11.8 Å². The lowest BCUT2D eigenvalue weighted by atomic mass is 9.86. The van der Waals surface area contributed by atoms with Crippen molar-refractivity contribution in [2.45, 2.75) is 44.7 Å². The summed E-state index contributed by atoms with van der Waals surface area (Å²) >= 11 is 0. The molecule has 1 heterocycles. The molecule has 2 aromatic carbocycles. The van der Waals surface area contributed by atoms with E-state index in [9.17, 15) is 10.2 Å². The van der Waals surface area contributed by atoms with Gasteiger partial charge in [-0.25, -0.2) is 0 Å². The first-order valence-corrected chi connectivity index (χ1v) is 10.4. The minimum atomic E-state index is -0.983. The van der Waals surface area contributed by atoms with Gasteiger partial charge in [0.25, 0.3) is 0 Å². The molecule has 1 fully saturated rings. The molecule has 0 bridgehead atoms. The summed E-state index contributed by atoms with van der Waals surface area (Å²) in [6, 6.07) is 19.6. The lowest BCUT2D eigenvalue weighted by Gasteiger charge is -2.34. The fourth-order valence-corrected chi connectivity index (χ4v) is 3.76. The van der Waals surface area contributed by atoms with Gasteiger partial charge in [0.05, 0.1) is 25.9 Å². The zero-order chi connectivity index (χ0) is 21.3. The van der Waals surface area contributed by atoms with Gasteiger partial charge in [-0.3, -0.25) is 0 Å². The molecule has 0 aliphatic carbocycles. The molecular formula is C24H32O6. The van der Waals surface area contributed by atoms with Crippen LogP contribution < -0.4 is 0 Å². The van der Waals surface area contributed by atoms with Gasteiger partial charge in [0, 0.05) is 19.6 Å². The zero-order valence-corrected chi connectivity index (χ0v) is 17.6. The van der Waals surface area contributed by atoms with E-state index in [1.165, 1.54) is 7.11 Å². The van der Waals surface area contributed by atoms with Crippen molar-refractivity contribution < 1.29 is 29.2 Å². The fourth-order valence-electron chi connectivity index (χ4n) is 3.76. The molecule has 6 nitrogen and oxygen atoms in total. The maximum atomic E-state index is 11.3. The zero-order valence-electron chi connectivity index (χ0n) is 17.6. The predicted molar refractivity (Wildman–Crippen MR) is 113 cm³/mol. The van der Waals surface area contributed by atoms with Gasteiger partial charge in [-0.1, -0.05) is 67.6 Å². The second kappa shape index (κ2) is 11.6. The Bertz CT molecular complexity index is 725. The van der Waals surface area contributed by atoms with Crippen LogP contribution in [0.15, 0.2) is 60.7 Å². The third-order valence-corrected chi connectivity index (χ3v) is 5.64. The van der Waals surface area contributed by atoms with Crippen LogP contribution in [0.2, 0.25) is 0 Å². The van der Waals surface area contributed by atoms with Gasteiger partial charge in [0.1, 0.15) is 12.2 Å². The van der Waals surface area contributed by atoms with E-state index in [4.69, 9.17) is 18.9 Å². The van der Waals surface area contributed by atoms with Crippen molar-refractivity contribution in [1.29, 1.82) is 0 Å². The monoisotopic (exact) mass is 416 g/mol. The van der Waals surface area contributed by atoms with Crippen molar-refractivity contribution >= 4 is 0 Å². The molecule has 1 aliphatic rings. The van der Waals surface area contributed by atoms with E-state index in [1.54, 1.807) is 0 Å². The van der Waals surface area contributed by atoms with Crippen LogP contribution in [0.3, 0.4) is 0 Å². The Labute approximate surface area is 178 Å². The fraction of sp³-hybridized carbons (Fsp3) is 0.500. The van der Waals surface area contributed by atoms with Crippen molar-refractivity contribution in [3.8, 4) is 0 Å². The molecule has 30 heavy (non-hydrogen) atoms. The molecule has 0 saturated carbocycles. The molecule has 1 saturated heterocycles. The Morgan fingerprint density at radius 2 is 1.47 bits per heavy atom. The highest BCUT2D eigenvalue weighted by Gasteiger charge is 2.45. The third kappa shape index (κ3) is 5.88. The van der Waals surface area contributed by atoms with Gasteiger partial charge in [-0.15, -0.1) is 0 Å². The van der Waals surface area contributed by atoms with Crippen LogP contribution in [0.4, 0.5) is 0 Å². The molecule has 2 aromatic rings. The van der Waals surface area contributed by atoms with Crippen molar-refractivity contribution in [1.82, 2.24) is 0 Å². The van der Waals surface area contributed by atoms with Gasteiger partial charge < -0.3 is 29.2 Å². The van der Waals surface area contributed by atoms with E-state index in [2.05, 4.69) is 0 Å². The second-order valence-corrected chi connectivity index (χ2v) is 7.77. The van der Waals surface area contributed by atoms with Gasteiger partial charge >= 0.3 is 0 Å². The minimum absolute atomic E-state index is 0.0286. The normalized spacial score (nSPS) is 28.1. The van der Waals surface area contributed by atoms with Gasteiger partial charge in [0.15, 0.2) is 6.29 Å². The summed E-state index contributed by atoms with van der Waals surface area (Å²) in [4.78, 5) is 0. The molecule has 1 aliphatic heterocycles. The Morgan fingerprint density at radius 3 is 1.97 bits per heavy atom. The van der Waals surface area contributed by atoms with Crippen LogP contribution in [-0.4, -0.2) is 55.1 Å². The highest BCUT2D eigenvalue weighted by atomic mass is 16.7. The maximum absolute atomic E-state index is 11.3. The lowest BCUT2D eigenvalue weighted by molar-refractivity contribution is -0.218. The number of ether oxygens (including phenoxy) is 4. The topological polar surface area (TPSA) is 77.4 Å². The number of rotatable bonds is 9. The molecule has 3 rings (SSSR count). The van der Waals surface area contributed by atoms with E-state index in [0.717, 1.165) is 11.1 Å². The van der Waals surface area contributed by atoms with Crippen LogP contribution in [0.5, 0.6) is 0 Å². The lowest BCUT2D eigenvalue weighted by Crippen LogP contribution is -2.49. The summed E-state index contributed by atoms with van der Waals surface area (Å²) in [6.07, 6.45) is -3.02. The van der Waals surface area contributed by atoms with Gasteiger partial charge in [-0.05, 0) is 17.0 Å². The van der Waals surface area contributed by atoms with E-state index in [1.807, 2.05) is 67.6 Å². The average Bonchev–Trinajstić information content (AvgIpc) is 2.93. The van der Waals surface area contributed by atoms with E-state index >= 15 is 0 Å². The van der Waals surface area contributed by atoms with Crippen molar-refractivity contribution in [3.05, 3.63) is 71.8 Å². The Balaban J connectivity index is 1.78. The molecule has 0 amide bonds. The average molecular weight is 417 g/mol. The highest BCUT2D eigenvalue weighted by Crippen LogP contribution is 2.31. The largest absolute Gasteiger partial charge is 0.396 e. The highest BCUT2D eigenvalue weighted by molar-refractivity contribution is 5.14. The van der Waals surface area contributed by atoms with Gasteiger partial charge in [0.2, 0.25) is 0 Å². The number of hydrogen-bond donors (Lipinski definition) is 2. The number of benzene rings is 2. The molecule has 164 valence electrons. The summed E-state index contributed by atoms with van der Waals surface area (Å²) in [7, 11) is 1.53. The second-order valence-electron chi connectivity index (χ2n) is 7.77. The van der Waals surface area contributed by atoms with Crippen LogP contribution in [0.25, 0.3) is 0 Å². The first kappa shape index (κ1) is 22.9. The standard InChI is InChI=1S/C24H32O6/c1-17(13-25)20-16-30-24(27-2)23(29-15-19-11-7-4-8-12-19)21(26)22(20)28-14-18-9-5-3-6-10-18/h3-12,17,20-26H,13-16H2,1-2H3/t17-,20?,21?,22+,23?,24-/m0/s1. The Morgan fingerprint density at radius 1 is 0.933 bits per heavy atom. The summed E-state index contributed by atoms with van der Waals surface area (Å²) < 4.78 is 23.7. The molecule has 0 radical (unpaired) electrons. The molecule has 6 atom stereocenters. The first-order chi connectivity index (χ1) is 14.6. The smallest absolute Gasteiger partial charge is 0.186 e. The molecule has 0 spiro atoms. The quantitative estimate of drug-likeness (QED) is 0.655. The van der Waals surface area contributed by atoms with Crippen molar-refractivity contribution in [2.75, 3.05) is 20.3 Å². The molecule has 0 aromatic heterocycles. The van der Waals surface area contributed by atoms with E-state index in [-0.39, 0.29) is 18.4 Å². The predicted octanol–water partition coefficient (Wildman–Crippen LogP) is 2.77. The summed E-state index contributed by atoms with van der Waals surface area (Å²) in [5.41, 5.74) is 2.00. The SMILES string of the molecule is CO[C@H]1OCC([C@@H](C)CO)[C@@H](OCc2ccccc2)C(O)C1OCc1ccccc1. The third-order valence-electron chi connectivity index (χ3n) is 5.64. The summed E-state index contributed by atoms with van der Waals surface area (Å²) in [5.74, 6) is -0.331. The Hall–Kier alpha value is -1.80. The van der Waals surface area contributed by atoms with Crippen molar-refractivity contribution in [3.63, 3.8) is 0 Å². The van der Waals surface area contributed by atoms with Gasteiger partial charge in [-0.2, -0.15) is 0 Å². The van der Waals surface area contributed by atoms with E-state index < -0.39 is 24.6 Å². The summed E-state index contributed by atoms with van der Waals surface area (Å²) in [6.45, 7) is 2.85. The summed E-state index contributed by atoms with van der Waals surface area (Å²) in [5, 5.41) is 21.0. The van der Waals surface area contributed by atoms with Crippen LogP contribution >= 0.6 is 0 Å². The molecule has 2 N–H and O–H groups in total. The molecule has 3 unspecified atom stereocenters. The number of hydrogen-bond acceptors (Lipinski definition) is 6. The van der Waals surface area contributed by atoms with E-state index in [0.29, 0.717) is 19.8 Å². The van der Waals surface area contributed by atoms with Crippen molar-refractivity contribution in [2.24, 2.45) is 11.8 Å². The number of methoxy groups -OCH3 is 1.